The molecule has 0 spiro atoms. The fourth-order valence-electron chi connectivity index (χ4n) is 3.95. The maximum Gasteiger partial charge on any atom is 0.338 e. The smallest absolute Gasteiger partial charge is 0.338 e. The molecule has 0 radical (unpaired) electrons. The lowest BCUT2D eigenvalue weighted by atomic mass is 9.91. The molecule has 0 unspecified atom stereocenters. The quantitative estimate of drug-likeness (QED) is 0.348. The molecule has 3 rings (SSSR count). The van der Waals surface area contributed by atoms with Crippen molar-refractivity contribution in [3.63, 3.8) is 0 Å². The lowest BCUT2D eigenvalue weighted by Gasteiger charge is -2.27. The molecule has 0 aliphatic rings. The minimum Gasteiger partial charge on any atom is -0.478 e. The molecule has 184 valence electrons. The zero-order valence-electron chi connectivity index (χ0n) is 21.0. The molecule has 0 aliphatic carbocycles. The Balaban J connectivity index is 1.85. The average molecular weight is 476 g/mol. The average Bonchev–Trinajstić information content (AvgIpc) is 2.81. The molecule has 0 heterocycles. The van der Waals surface area contributed by atoms with E-state index in [2.05, 4.69) is 31.2 Å². The first kappa shape index (κ1) is 26.1. The fraction of sp³-hybridized carbons (Fsp3) is 0.333. The van der Waals surface area contributed by atoms with Gasteiger partial charge >= 0.3 is 5.97 Å². The monoisotopic (exact) mass is 475 g/mol. The second-order valence-electron chi connectivity index (χ2n) is 10.2. The first-order valence-electron chi connectivity index (χ1n) is 12.1. The molecule has 0 saturated carbocycles. The van der Waals surface area contributed by atoms with Crippen LogP contribution < -0.4 is 4.90 Å². The van der Waals surface area contributed by atoms with E-state index in [-0.39, 0.29) is 24.3 Å². The maximum absolute atomic E-state index is 14.0. The van der Waals surface area contributed by atoms with E-state index in [9.17, 15) is 19.1 Å². The summed E-state index contributed by atoms with van der Waals surface area (Å²) < 4.78 is 14.0. The fourth-order valence-corrected chi connectivity index (χ4v) is 3.95. The van der Waals surface area contributed by atoms with Crippen LogP contribution in [0.2, 0.25) is 0 Å². The zero-order chi connectivity index (χ0) is 25.6. The predicted molar refractivity (Wildman–Crippen MR) is 139 cm³/mol. The van der Waals surface area contributed by atoms with Gasteiger partial charge in [0.05, 0.1) is 12.1 Å². The van der Waals surface area contributed by atoms with Gasteiger partial charge in [-0.2, -0.15) is 0 Å². The maximum atomic E-state index is 14.0. The zero-order valence-corrected chi connectivity index (χ0v) is 21.0. The van der Waals surface area contributed by atoms with Crippen molar-refractivity contribution in [2.24, 2.45) is 5.41 Å². The van der Waals surface area contributed by atoms with Crippen LogP contribution in [0, 0.1) is 11.2 Å². The SMILES string of the molecule is CCCCc1ccc(-c2ccc(CN(C(=O)CC(C)(C)C)c3ccc(F)c(C(=O)O)c3)cc2)cc1. The van der Waals surface area contributed by atoms with Gasteiger partial charge in [-0.1, -0.05) is 82.6 Å². The molecule has 1 N–H and O–H groups in total. The van der Waals surface area contributed by atoms with E-state index in [1.165, 1.54) is 35.4 Å². The van der Waals surface area contributed by atoms with E-state index in [1.807, 2.05) is 45.0 Å². The lowest BCUT2D eigenvalue weighted by Crippen LogP contribution is -2.33. The molecule has 1 amide bonds. The van der Waals surface area contributed by atoms with E-state index >= 15 is 0 Å². The first-order chi connectivity index (χ1) is 16.6. The normalized spacial score (nSPS) is 11.3. The predicted octanol–water partition coefficient (Wildman–Crippen LogP) is 7.50. The van der Waals surface area contributed by atoms with Gasteiger partial charge in [-0.3, -0.25) is 4.79 Å². The molecule has 0 fully saturated rings. The minimum atomic E-state index is -1.36. The van der Waals surface area contributed by atoms with Crippen molar-refractivity contribution in [3.8, 4) is 11.1 Å². The van der Waals surface area contributed by atoms with Crippen molar-refractivity contribution in [1.29, 1.82) is 0 Å². The minimum absolute atomic E-state index is 0.146. The van der Waals surface area contributed by atoms with Gasteiger partial charge in [0.1, 0.15) is 5.82 Å². The lowest BCUT2D eigenvalue weighted by molar-refractivity contribution is -0.120. The highest BCUT2D eigenvalue weighted by Crippen LogP contribution is 2.27. The van der Waals surface area contributed by atoms with E-state index in [1.54, 1.807) is 0 Å². The second-order valence-corrected chi connectivity index (χ2v) is 10.2. The number of aromatic carboxylic acids is 1. The van der Waals surface area contributed by atoms with Crippen LogP contribution in [0.15, 0.2) is 66.7 Å². The molecule has 0 atom stereocenters. The van der Waals surface area contributed by atoms with Crippen LogP contribution in [0.5, 0.6) is 0 Å². The molecule has 0 aliphatic heterocycles. The molecule has 0 bridgehead atoms. The summed E-state index contributed by atoms with van der Waals surface area (Å²) in [6.07, 6.45) is 3.71. The summed E-state index contributed by atoms with van der Waals surface area (Å²) in [6, 6.07) is 20.4. The molecule has 3 aromatic carbocycles. The van der Waals surface area contributed by atoms with Crippen molar-refractivity contribution < 1.29 is 19.1 Å². The third-order valence-electron chi connectivity index (χ3n) is 5.88. The largest absolute Gasteiger partial charge is 0.478 e. The number of benzene rings is 3. The van der Waals surface area contributed by atoms with E-state index in [4.69, 9.17) is 0 Å². The van der Waals surface area contributed by atoms with E-state index in [0.717, 1.165) is 29.2 Å². The van der Waals surface area contributed by atoms with Crippen LogP contribution in [-0.4, -0.2) is 17.0 Å². The summed E-state index contributed by atoms with van der Waals surface area (Å²) in [6.45, 7) is 8.36. The van der Waals surface area contributed by atoms with Crippen molar-refractivity contribution in [3.05, 3.63) is 89.2 Å². The standard InChI is InChI=1S/C30H34FNO3/c1-5-6-7-21-8-12-23(13-9-21)24-14-10-22(11-15-24)20-32(28(33)19-30(2,3)4)25-16-17-27(31)26(18-25)29(34)35/h8-18H,5-7,19-20H2,1-4H3,(H,34,35). The number of hydrogen-bond donors (Lipinski definition) is 1. The number of carbonyl (C=O) groups excluding carboxylic acids is 1. The number of amides is 1. The molecule has 35 heavy (non-hydrogen) atoms. The van der Waals surface area contributed by atoms with Crippen molar-refractivity contribution in [2.45, 2.75) is 59.9 Å². The Kier molecular flexibility index (Phi) is 8.44. The number of carbonyl (C=O) groups is 2. The van der Waals surface area contributed by atoms with Gasteiger partial charge in [-0.15, -0.1) is 0 Å². The van der Waals surface area contributed by atoms with Crippen LogP contribution in [0.3, 0.4) is 0 Å². The van der Waals surface area contributed by atoms with E-state index in [0.29, 0.717) is 5.69 Å². The Labute approximate surface area is 207 Å². The van der Waals surface area contributed by atoms with Crippen LogP contribution in [-0.2, 0) is 17.8 Å². The van der Waals surface area contributed by atoms with Gasteiger partial charge in [0.25, 0.3) is 0 Å². The summed E-state index contributed by atoms with van der Waals surface area (Å²) in [5.74, 6) is -2.33. The summed E-state index contributed by atoms with van der Waals surface area (Å²) in [4.78, 5) is 26.2. The Morgan fingerprint density at radius 1 is 0.886 bits per heavy atom. The molecule has 0 saturated heterocycles. The molecular formula is C30H34FNO3. The highest BCUT2D eigenvalue weighted by atomic mass is 19.1. The number of rotatable bonds is 9. The molecule has 4 nitrogen and oxygen atoms in total. The number of aryl methyl sites for hydroxylation is 1. The summed E-state index contributed by atoms with van der Waals surface area (Å²) >= 11 is 0. The van der Waals surface area contributed by atoms with Gasteiger partial charge in [-0.05, 0) is 58.7 Å². The first-order valence-corrected chi connectivity index (χ1v) is 12.1. The summed E-state index contributed by atoms with van der Waals surface area (Å²) in [5, 5.41) is 9.34. The van der Waals surface area contributed by atoms with Crippen LogP contribution in [0.25, 0.3) is 11.1 Å². The summed E-state index contributed by atoms with van der Waals surface area (Å²) in [7, 11) is 0. The Morgan fingerprint density at radius 2 is 1.46 bits per heavy atom. The van der Waals surface area contributed by atoms with E-state index < -0.39 is 17.3 Å². The van der Waals surface area contributed by atoms with Crippen LogP contribution in [0.1, 0.15) is 68.4 Å². The third kappa shape index (κ3) is 7.25. The van der Waals surface area contributed by atoms with Crippen molar-refractivity contribution in [1.82, 2.24) is 0 Å². The number of halogens is 1. The number of carboxylic acid groups (broad SMARTS) is 1. The summed E-state index contributed by atoms with van der Waals surface area (Å²) in [5.41, 5.74) is 4.11. The molecule has 3 aromatic rings. The number of anilines is 1. The van der Waals surface area contributed by atoms with Gasteiger partial charge in [-0.25, -0.2) is 9.18 Å². The molecular weight excluding hydrogens is 441 g/mol. The Bertz CT molecular complexity index is 1160. The van der Waals surface area contributed by atoms with Gasteiger partial charge < -0.3 is 10.0 Å². The topological polar surface area (TPSA) is 57.6 Å². The Hall–Kier alpha value is -3.47. The number of nitrogens with zero attached hydrogens (tertiary/aromatic N) is 1. The number of hydrogen-bond acceptors (Lipinski definition) is 2. The third-order valence-corrected chi connectivity index (χ3v) is 5.88. The number of unbranched alkanes of at least 4 members (excludes halogenated alkanes) is 1. The van der Waals surface area contributed by atoms with Gasteiger partial charge in [0.15, 0.2) is 0 Å². The highest BCUT2D eigenvalue weighted by molar-refractivity contribution is 5.96. The highest BCUT2D eigenvalue weighted by Gasteiger charge is 2.24. The Morgan fingerprint density at radius 3 is 1.97 bits per heavy atom. The van der Waals surface area contributed by atoms with Crippen molar-refractivity contribution >= 4 is 17.6 Å². The van der Waals surface area contributed by atoms with Crippen LogP contribution in [0.4, 0.5) is 10.1 Å². The van der Waals surface area contributed by atoms with Crippen LogP contribution >= 0.6 is 0 Å². The number of carboxylic acids is 1. The van der Waals surface area contributed by atoms with Crippen molar-refractivity contribution in [2.75, 3.05) is 4.90 Å². The molecule has 0 aromatic heterocycles. The molecule has 5 heteroatoms. The van der Waals surface area contributed by atoms with Gasteiger partial charge in [0.2, 0.25) is 5.91 Å². The van der Waals surface area contributed by atoms with Gasteiger partial charge in [0, 0.05) is 12.1 Å². The second kappa shape index (κ2) is 11.3.